The Kier molecular flexibility index (Phi) is 2.34. The molecule has 0 radical (unpaired) electrons. The molecule has 50 heavy (non-hydrogen) atoms. The number of hydrogen-bond acceptors (Lipinski definition) is 0. The summed E-state index contributed by atoms with van der Waals surface area (Å²) in [6, 6.07) is -29.0. The van der Waals surface area contributed by atoms with Crippen molar-refractivity contribution in [1.82, 2.24) is 9.13 Å². The average Bonchev–Trinajstić information content (AvgIpc) is 4.04. The highest BCUT2D eigenvalue weighted by Gasteiger charge is 2.23. The maximum absolute atomic E-state index is 10.3. The predicted octanol–water partition coefficient (Wildman–Crippen LogP) is 12.9. The van der Waals surface area contributed by atoms with Crippen LogP contribution in [0.4, 0.5) is 0 Å². The van der Waals surface area contributed by atoms with Crippen LogP contribution in [0.5, 0.6) is 0 Å². The zero-order chi connectivity index (χ0) is 58.9. The van der Waals surface area contributed by atoms with Gasteiger partial charge in [0.2, 0.25) is 0 Å². The smallest absolute Gasteiger partial charge is 0.0652 e. The molecule has 232 valence electrons. The molecule has 0 saturated carbocycles. The van der Waals surface area contributed by atoms with E-state index in [9.17, 15) is 17.8 Å². The normalized spacial score (nSPS) is 20.4. The molecule has 0 saturated heterocycles. The Bertz CT molecular complexity index is 4610. The van der Waals surface area contributed by atoms with E-state index < -0.39 is 281 Å². The van der Waals surface area contributed by atoms with Crippen LogP contribution in [-0.2, 0) is 0 Å². The summed E-state index contributed by atoms with van der Waals surface area (Å²) in [6.07, 6.45) is 0. The van der Waals surface area contributed by atoms with Crippen LogP contribution in [0.3, 0.4) is 0 Å². The number of hydrogen-bond donors (Lipinski definition) is 0. The Hall–Kier alpha value is -6.64. The topological polar surface area (TPSA) is 9.86 Å². The highest BCUT2D eigenvalue weighted by molar-refractivity contribution is 6.12. The zero-order valence-electron chi connectivity index (χ0n) is 54.9. The molecule has 11 rings (SSSR count). The Morgan fingerprint density at radius 2 is 0.580 bits per heavy atom. The van der Waals surface area contributed by atoms with Gasteiger partial charge in [0.15, 0.2) is 0 Å². The van der Waals surface area contributed by atoms with E-state index >= 15 is 0 Å². The van der Waals surface area contributed by atoms with Crippen LogP contribution in [0.25, 0.3) is 99.5 Å². The lowest BCUT2D eigenvalue weighted by Gasteiger charge is -2.24. The van der Waals surface area contributed by atoms with Gasteiger partial charge in [-0.15, -0.1) is 0 Å². The van der Waals surface area contributed by atoms with Crippen LogP contribution in [0.1, 0.15) is 41.1 Å². The lowest BCUT2D eigenvalue weighted by atomic mass is 9.81. The fraction of sp³-hybridized carbons (Fsp3) is 0. The Morgan fingerprint density at radius 3 is 1.06 bits per heavy atom. The van der Waals surface area contributed by atoms with Crippen molar-refractivity contribution in [3.8, 4) is 55.9 Å². The Labute approximate surface area is 331 Å². The molecule has 0 N–H and O–H groups in total. The van der Waals surface area contributed by atoms with E-state index in [4.69, 9.17) is 23.3 Å². The lowest BCUT2D eigenvalue weighted by molar-refractivity contribution is 1.17. The summed E-state index contributed by atoms with van der Waals surface area (Å²) in [5.41, 5.74) is -10.7. The van der Waals surface area contributed by atoms with Gasteiger partial charge < -0.3 is 9.13 Å². The minimum absolute atomic E-state index is 0.489. The fourth-order valence-corrected chi connectivity index (χ4v) is 6.43. The first-order valence-corrected chi connectivity index (χ1v) is 14.8. The summed E-state index contributed by atoms with van der Waals surface area (Å²) >= 11 is 0. The van der Waals surface area contributed by atoms with E-state index in [-0.39, 0.29) is 0 Å². The number of fused-ring (bicyclic) bond motifs is 14. The summed E-state index contributed by atoms with van der Waals surface area (Å²) in [4.78, 5) is 0. The molecule has 1 aliphatic rings. The molecule has 2 nitrogen and oxygen atoms in total. The van der Waals surface area contributed by atoms with Crippen molar-refractivity contribution >= 4 is 43.6 Å². The first-order chi connectivity index (χ1) is 37.3. The van der Waals surface area contributed by atoms with Crippen LogP contribution < -0.4 is 0 Å². The second-order valence-corrected chi connectivity index (χ2v) is 11.0. The summed E-state index contributed by atoms with van der Waals surface area (Å²) in [5.74, 6) is 0. The summed E-state index contributed by atoms with van der Waals surface area (Å²) in [6.45, 7) is 0. The van der Waals surface area contributed by atoms with Crippen molar-refractivity contribution < 1.29 is 41.1 Å². The largest absolute Gasteiger partial charge is 0.309 e. The standard InChI is InChI=1S/C48H30N2/c1-2-14-34-33(13-1)35-15-3-4-17-37(35)39-27-25-31(29-43(39)38-18-6-5-16-36(34)38)50-47-24-12-9-21-42(47)44-30-32(26-28-48(44)50)49-45-22-10-7-19-40(45)41-20-8-11-23-46(41)49/h1-30H/i1D,2D,3D,4D,5D,6D,7D,8D,9D,10D,11D,12D,13D,14D,15D,16D,17D,18D,19D,20D,21D,22D,23D,24D,25D,26D,27D,28D,29D,30D. The molecule has 0 amide bonds. The molecular formula is C48H30N2. The van der Waals surface area contributed by atoms with E-state index in [2.05, 4.69) is 0 Å². The van der Waals surface area contributed by atoms with Gasteiger partial charge in [0.25, 0.3) is 0 Å². The highest BCUT2D eigenvalue weighted by atomic mass is 15.0. The van der Waals surface area contributed by atoms with E-state index in [0.29, 0.717) is 4.57 Å². The molecule has 10 aromatic rings. The third-order valence-electron chi connectivity index (χ3n) is 8.49. The van der Waals surface area contributed by atoms with Crippen LogP contribution in [0, 0.1) is 0 Å². The average molecular weight is 665 g/mol. The molecule has 0 aliphatic heterocycles. The van der Waals surface area contributed by atoms with Gasteiger partial charge in [0, 0.05) is 32.9 Å². The lowest BCUT2D eigenvalue weighted by Crippen LogP contribution is -2.00. The van der Waals surface area contributed by atoms with Gasteiger partial charge in [-0.3, -0.25) is 0 Å². The SMILES string of the molecule is [2H]c1c([2H])c([2H])c2c(c1[2H])-c1c([2H])c([2H])c([2H])c([2H])c1-c1c([2H])c([2H])c(-n3c4c([2H])c([2H])c([2H])c([2H])c4c4c([2H])c(-n5c6c([2H])c([2H])c([2H])c([2H])c6c6c([2H])c([2H])c([2H])c([2H])c65)c([2H])c([2H])c43)c([2H])c1-c1c([2H])c([2H])c([2H])c([2H])c1-2. The van der Waals surface area contributed by atoms with E-state index in [1.54, 1.807) is 0 Å². The Balaban J connectivity index is 1.43. The second-order valence-electron chi connectivity index (χ2n) is 11.0. The molecule has 0 unspecified atom stereocenters. The van der Waals surface area contributed by atoms with Crippen molar-refractivity contribution in [1.29, 1.82) is 0 Å². The van der Waals surface area contributed by atoms with Gasteiger partial charge in [-0.1, -0.05) is 133 Å². The molecule has 8 aromatic carbocycles. The van der Waals surface area contributed by atoms with Crippen molar-refractivity contribution in [3.63, 3.8) is 0 Å². The highest BCUT2D eigenvalue weighted by Crippen LogP contribution is 2.48. The molecule has 2 heterocycles. The molecule has 0 atom stereocenters. The van der Waals surface area contributed by atoms with Crippen molar-refractivity contribution in [2.24, 2.45) is 0 Å². The van der Waals surface area contributed by atoms with E-state index in [0.717, 1.165) is 4.57 Å². The quantitative estimate of drug-likeness (QED) is 0.174. The molecule has 0 bridgehead atoms. The second kappa shape index (κ2) is 10.4. The van der Waals surface area contributed by atoms with Crippen LogP contribution >= 0.6 is 0 Å². The van der Waals surface area contributed by atoms with Gasteiger partial charge >= 0.3 is 0 Å². The molecule has 2 heteroatoms. The van der Waals surface area contributed by atoms with Crippen LogP contribution in [0.15, 0.2) is 181 Å². The van der Waals surface area contributed by atoms with E-state index in [1.807, 2.05) is 0 Å². The van der Waals surface area contributed by atoms with Gasteiger partial charge in [0.1, 0.15) is 0 Å². The first-order valence-electron chi connectivity index (χ1n) is 29.8. The summed E-state index contributed by atoms with van der Waals surface area (Å²) in [5, 5.41) is -2.34. The minimum atomic E-state index is -1.15. The molecule has 0 fully saturated rings. The van der Waals surface area contributed by atoms with Gasteiger partial charge in [0.05, 0.1) is 63.2 Å². The van der Waals surface area contributed by atoms with Crippen LogP contribution in [0.2, 0.25) is 0 Å². The van der Waals surface area contributed by atoms with Crippen molar-refractivity contribution in [2.75, 3.05) is 0 Å². The van der Waals surface area contributed by atoms with Gasteiger partial charge in [-0.05, 0) is 92.8 Å². The van der Waals surface area contributed by atoms with Crippen LogP contribution in [-0.4, -0.2) is 9.13 Å². The maximum Gasteiger partial charge on any atom is 0.0652 e. The van der Waals surface area contributed by atoms with Gasteiger partial charge in [-0.2, -0.15) is 0 Å². The van der Waals surface area contributed by atoms with Gasteiger partial charge in [-0.25, -0.2) is 0 Å². The summed E-state index contributed by atoms with van der Waals surface area (Å²) < 4.78 is 276. The van der Waals surface area contributed by atoms with Crippen molar-refractivity contribution in [3.05, 3.63) is 181 Å². The zero-order valence-corrected chi connectivity index (χ0v) is 24.9. The predicted molar refractivity (Wildman–Crippen MR) is 210 cm³/mol. The number of rotatable bonds is 2. The monoisotopic (exact) mass is 664 g/mol. The molecule has 1 aliphatic carbocycles. The third-order valence-corrected chi connectivity index (χ3v) is 8.49. The number of benzene rings is 8. The first kappa shape index (κ1) is 11.2. The number of para-hydroxylation sites is 3. The fourth-order valence-electron chi connectivity index (χ4n) is 6.43. The molecule has 2 aromatic heterocycles. The van der Waals surface area contributed by atoms with E-state index in [1.165, 1.54) is 0 Å². The maximum atomic E-state index is 10.3. The molecular weight excluding hydrogens is 605 g/mol. The number of aromatic nitrogens is 2. The third kappa shape index (κ3) is 3.79. The minimum Gasteiger partial charge on any atom is -0.309 e. The summed E-state index contributed by atoms with van der Waals surface area (Å²) in [7, 11) is 0. The van der Waals surface area contributed by atoms with Crippen molar-refractivity contribution in [2.45, 2.75) is 0 Å². The molecule has 0 spiro atoms. The number of nitrogens with zero attached hydrogens (tertiary/aromatic N) is 2. The Morgan fingerprint density at radius 1 is 0.260 bits per heavy atom.